The molecule has 1 aromatic carbocycles. The van der Waals surface area contributed by atoms with Gasteiger partial charge in [-0.2, -0.15) is 9.61 Å². The molecule has 2 aliphatic rings. The second kappa shape index (κ2) is 9.07. The second-order valence-corrected chi connectivity index (χ2v) is 9.59. The summed E-state index contributed by atoms with van der Waals surface area (Å²) < 4.78 is 14.8. The number of rotatable bonds is 4. The third-order valence-electron chi connectivity index (χ3n) is 6.39. The van der Waals surface area contributed by atoms with Crippen molar-refractivity contribution < 1.29 is 9.18 Å². The smallest absolute Gasteiger partial charge is 0.275 e. The van der Waals surface area contributed by atoms with Crippen LogP contribution >= 0.6 is 11.3 Å². The second-order valence-electron chi connectivity index (χ2n) is 8.63. The maximum Gasteiger partial charge on any atom is 0.275 e. The molecule has 1 saturated heterocycles. The van der Waals surface area contributed by atoms with E-state index in [1.807, 2.05) is 4.90 Å². The molecule has 3 heterocycles. The molecule has 0 spiro atoms. The quantitative estimate of drug-likeness (QED) is 0.604. The summed E-state index contributed by atoms with van der Waals surface area (Å²) in [5.74, 6) is 0.179. The van der Waals surface area contributed by atoms with Crippen LogP contribution in [0.25, 0.3) is 15.5 Å². The molecule has 3 aromatic rings. The molecule has 1 amide bonds. The molecule has 7 nitrogen and oxygen atoms in total. The van der Waals surface area contributed by atoms with Crippen molar-refractivity contribution in [3.8, 4) is 10.6 Å². The number of fused-ring (bicyclic) bond motifs is 1. The van der Waals surface area contributed by atoms with Crippen molar-refractivity contribution in [1.82, 2.24) is 24.4 Å². The van der Waals surface area contributed by atoms with Gasteiger partial charge in [0.25, 0.3) is 5.56 Å². The average Bonchev–Trinajstić information content (AvgIpc) is 3.25. The molecule has 0 unspecified atom stereocenters. The molecule has 0 atom stereocenters. The summed E-state index contributed by atoms with van der Waals surface area (Å²) >= 11 is 1.27. The molecule has 1 saturated carbocycles. The number of carbonyl (C=O) groups excluding carboxylic acids is 1. The summed E-state index contributed by atoms with van der Waals surface area (Å²) in [6.45, 7) is 3.56. The van der Waals surface area contributed by atoms with Gasteiger partial charge in [-0.15, -0.1) is 0 Å². The molecule has 0 radical (unpaired) electrons. The van der Waals surface area contributed by atoms with Gasteiger partial charge in [0.15, 0.2) is 0 Å². The van der Waals surface area contributed by atoms with Gasteiger partial charge >= 0.3 is 0 Å². The van der Waals surface area contributed by atoms with Crippen molar-refractivity contribution in [2.24, 2.45) is 5.92 Å². The molecule has 0 bridgehead atoms. The van der Waals surface area contributed by atoms with Crippen LogP contribution in [0, 0.1) is 11.7 Å². The Morgan fingerprint density at radius 3 is 2.62 bits per heavy atom. The van der Waals surface area contributed by atoms with Gasteiger partial charge in [-0.1, -0.05) is 42.7 Å². The number of hydrogen-bond acceptors (Lipinski definition) is 6. The highest BCUT2D eigenvalue weighted by Crippen LogP contribution is 2.27. The van der Waals surface area contributed by atoms with E-state index >= 15 is 0 Å². The Hall–Kier alpha value is -2.65. The highest BCUT2D eigenvalue weighted by Gasteiger charge is 2.28. The van der Waals surface area contributed by atoms with Gasteiger partial charge in [0.1, 0.15) is 10.8 Å². The Bertz CT molecular complexity index is 1180. The predicted octanol–water partition coefficient (Wildman–Crippen LogP) is 3.18. The lowest BCUT2D eigenvalue weighted by Crippen LogP contribution is -2.50. The molecule has 5 rings (SSSR count). The first kappa shape index (κ1) is 21.2. The summed E-state index contributed by atoms with van der Waals surface area (Å²) in [4.78, 5) is 34.7. The van der Waals surface area contributed by atoms with Crippen molar-refractivity contribution in [2.75, 3.05) is 26.2 Å². The largest absolute Gasteiger partial charge is 0.340 e. The maximum atomic E-state index is 13.6. The van der Waals surface area contributed by atoms with E-state index in [-0.39, 0.29) is 17.3 Å². The van der Waals surface area contributed by atoms with Crippen LogP contribution in [0.15, 0.2) is 35.1 Å². The molecular weight excluding hydrogens is 429 g/mol. The van der Waals surface area contributed by atoms with Crippen molar-refractivity contribution in [3.63, 3.8) is 0 Å². The van der Waals surface area contributed by atoms with E-state index in [4.69, 9.17) is 0 Å². The average molecular weight is 456 g/mol. The van der Waals surface area contributed by atoms with Gasteiger partial charge in [0, 0.05) is 50.3 Å². The van der Waals surface area contributed by atoms with E-state index in [9.17, 15) is 14.0 Å². The first-order chi connectivity index (χ1) is 15.6. The monoisotopic (exact) mass is 455 g/mol. The van der Waals surface area contributed by atoms with E-state index < -0.39 is 0 Å². The Morgan fingerprint density at radius 1 is 1.09 bits per heavy atom. The molecule has 0 N–H and O–H groups in total. The minimum atomic E-state index is -0.344. The van der Waals surface area contributed by atoms with Crippen molar-refractivity contribution >= 4 is 22.2 Å². The Labute approximate surface area is 189 Å². The number of amides is 1. The number of benzene rings is 1. The fourth-order valence-electron chi connectivity index (χ4n) is 4.64. The Balaban J connectivity index is 1.26. The van der Waals surface area contributed by atoms with Crippen molar-refractivity contribution in [3.05, 3.63) is 52.2 Å². The lowest BCUT2D eigenvalue weighted by Gasteiger charge is -2.37. The van der Waals surface area contributed by atoms with E-state index in [1.165, 1.54) is 53.3 Å². The summed E-state index contributed by atoms with van der Waals surface area (Å²) in [6.07, 6.45) is 5.63. The first-order valence-electron chi connectivity index (χ1n) is 11.2. The summed E-state index contributed by atoms with van der Waals surface area (Å²) in [5, 5.41) is 4.88. The predicted molar refractivity (Wildman–Crippen MR) is 121 cm³/mol. The fourth-order valence-corrected chi connectivity index (χ4v) is 5.56. The van der Waals surface area contributed by atoms with Gasteiger partial charge in [0.05, 0.1) is 5.69 Å². The molecule has 2 fully saturated rings. The molecule has 168 valence electrons. The lowest BCUT2D eigenvalue weighted by atomic mass is 9.88. The number of nitrogens with zero attached hydrogens (tertiary/aromatic N) is 5. The standard InChI is InChI=1S/C23H26FN5O2S/c24-18-8-4-7-17(13-18)21-26-29-20(30)14-19(25-23(29)32-21)15-27-9-11-28(12-10-27)22(31)16-5-2-1-3-6-16/h4,7-8,13-14,16H,1-3,5-6,9-12,15H2. The van der Waals surface area contributed by atoms with E-state index in [1.54, 1.807) is 12.1 Å². The SMILES string of the molecule is O=C(C1CCCCC1)N1CCN(Cc2cc(=O)n3nc(-c4cccc(F)c4)sc3n2)CC1. The third-order valence-corrected chi connectivity index (χ3v) is 7.35. The fraction of sp³-hybridized carbons (Fsp3) is 0.478. The highest BCUT2D eigenvalue weighted by atomic mass is 32.1. The minimum Gasteiger partial charge on any atom is -0.340 e. The maximum absolute atomic E-state index is 13.6. The zero-order valence-electron chi connectivity index (χ0n) is 17.9. The topological polar surface area (TPSA) is 70.8 Å². The van der Waals surface area contributed by atoms with Crippen LogP contribution in [0.1, 0.15) is 37.8 Å². The van der Waals surface area contributed by atoms with E-state index in [2.05, 4.69) is 15.0 Å². The molecule has 1 aliphatic heterocycles. The number of piperazine rings is 1. The number of aromatic nitrogens is 3. The third kappa shape index (κ3) is 4.45. The van der Waals surface area contributed by atoms with Crippen LogP contribution in [0.3, 0.4) is 0 Å². The first-order valence-corrected chi connectivity index (χ1v) is 12.1. The Kier molecular flexibility index (Phi) is 6.01. The molecule has 1 aliphatic carbocycles. The molecule has 32 heavy (non-hydrogen) atoms. The van der Waals surface area contributed by atoms with Crippen LogP contribution < -0.4 is 5.56 Å². The normalized spacial score (nSPS) is 18.3. The summed E-state index contributed by atoms with van der Waals surface area (Å²) in [7, 11) is 0. The van der Waals surface area contributed by atoms with Crippen LogP contribution in [0.2, 0.25) is 0 Å². The number of hydrogen-bond donors (Lipinski definition) is 0. The van der Waals surface area contributed by atoms with Crippen LogP contribution in [-0.2, 0) is 11.3 Å². The molecular formula is C23H26FN5O2S. The summed E-state index contributed by atoms with van der Waals surface area (Å²) in [6, 6.07) is 7.68. The van der Waals surface area contributed by atoms with E-state index in [0.29, 0.717) is 33.7 Å². The zero-order chi connectivity index (χ0) is 22.1. The summed E-state index contributed by atoms with van der Waals surface area (Å²) in [5.41, 5.74) is 1.08. The van der Waals surface area contributed by atoms with Crippen LogP contribution in [-0.4, -0.2) is 56.5 Å². The minimum absolute atomic E-state index is 0.207. The van der Waals surface area contributed by atoms with Gasteiger partial charge in [0.2, 0.25) is 10.9 Å². The van der Waals surface area contributed by atoms with E-state index in [0.717, 1.165) is 39.0 Å². The molecule has 2 aromatic heterocycles. The Morgan fingerprint density at radius 2 is 1.88 bits per heavy atom. The van der Waals surface area contributed by atoms with Gasteiger partial charge in [-0.05, 0) is 25.0 Å². The van der Waals surface area contributed by atoms with Gasteiger partial charge < -0.3 is 4.90 Å². The molecule has 9 heteroatoms. The zero-order valence-corrected chi connectivity index (χ0v) is 18.7. The van der Waals surface area contributed by atoms with Gasteiger partial charge in [-0.25, -0.2) is 9.37 Å². The highest BCUT2D eigenvalue weighted by molar-refractivity contribution is 7.19. The lowest BCUT2D eigenvalue weighted by molar-refractivity contribution is -0.138. The van der Waals surface area contributed by atoms with Crippen molar-refractivity contribution in [2.45, 2.75) is 38.6 Å². The van der Waals surface area contributed by atoms with Gasteiger partial charge in [-0.3, -0.25) is 14.5 Å². The number of halogens is 1. The number of carbonyl (C=O) groups is 1. The van der Waals surface area contributed by atoms with Crippen molar-refractivity contribution in [1.29, 1.82) is 0 Å². The van der Waals surface area contributed by atoms with Crippen LogP contribution in [0.4, 0.5) is 4.39 Å². The van der Waals surface area contributed by atoms with Crippen LogP contribution in [0.5, 0.6) is 0 Å².